The number of carbonyl (C=O) groups is 2. The van der Waals surface area contributed by atoms with Crippen LogP contribution in [0.1, 0.15) is 29.5 Å². The minimum atomic E-state index is -0.772. The van der Waals surface area contributed by atoms with Crippen LogP contribution in [0.5, 0.6) is 5.75 Å². The van der Waals surface area contributed by atoms with Crippen molar-refractivity contribution in [2.75, 3.05) is 24.0 Å². The molecule has 0 aromatic heterocycles. The second-order valence-electron chi connectivity index (χ2n) is 7.19. The first kappa shape index (κ1) is 20.7. The van der Waals surface area contributed by atoms with Crippen LogP contribution in [0.25, 0.3) is 0 Å². The highest BCUT2D eigenvalue weighted by Crippen LogP contribution is 2.25. The molecule has 7 heteroatoms. The van der Waals surface area contributed by atoms with Crippen molar-refractivity contribution in [1.29, 1.82) is 0 Å². The molecule has 0 aliphatic carbocycles. The number of aryl methyl sites for hydroxylation is 2. The molecule has 2 aromatic carbocycles. The Bertz CT molecular complexity index is 892. The highest BCUT2D eigenvalue weighted by Gasteiger charge is 2.17. The maximum atomic E-state index is 12.2. The van der Waals surface area contributed by atoms with Crippen LogP contribution >= 0.6 is 0 Å². The molecule has 0 bridgehead atoms. The van der Waals surface area contributed by atoms with E-state index >= 15 is 0 Å². The van der Waals surface area contributed by atoms with Crippen LogP contribution in [0.15, 0.2) is 36.4 Å². The van der Waals surface area contributed by atoms with E-state index in [1.165, 1.54) is 0 Å². The van der Waals surface area contributed by atoms with Crippen molar-refractivity contribution in [2.24, 2.45) is 0 Å². The molecule has 7 nitrogen and oxygen atoms in total. The number of hydrogen-bond donors (Lipinski definition) is 3. The van der Waals surface area contributed by atoms with Crippen LogP contribution in [0.4, 0.5) is 11.4 Å². The van der Waals surface area contributed by atoms with Crippen molar-refractivity contribution in [3.63, 3.8) is 0 Å². The van der Waals surface area contributed by atoms with Gasteiger partial charge < -0.3 is 14.8 Å². The zero-order valence-electron chi connectivity index (χ0n) is 17.0. The van der Waals surface area contributed by atoms with Gasteiger partial charge >= 0.3 is 11.8 Å². The van der Waals surface area contributed by atoms with Gasteiger partial charge in [-0.15, -0.1) is 0 Å². The number of rotatable bonds is 5. The van der Waals surface area contributed by atoms with Crippen LogP contribution in [0.3, 0.4) is 0 Å². The summed E-state index contributed by atoms with van der Waals surface area (Å²) >= 11 is 0. The van der Waals surface area contributed by atoms with E-state index in [0.717, 1.165) is 41.0 Å². The smallest absolute Gasteiger partial charge is 0.327 e. The molecule has 29 heavy (non-hydrogen) atoms. The molecule has 1 saturated heterocycles. The van der Waals surface area contributed by atoms with E-state index < -0.39 is 11.8 Å². The first-order valence-electron chi connectivity index (χ1n) is 9.72. The molecule has 1 heterocycles. The van der Waals surface area contributed by atoms with Crippen molar-refractivity contribution in [3.05, 3.63) is 53.1 Å². The number of hydrazine groups is 1. The van der Waals surface area contributed by atoms with Gasteiger partial charge in [0.15, 0.2) is 0 Å². The third-order valence-electron chi connectivity index (χ3n) is 5.02. The SMILES string of the molecule is Cc1cc(NC(=O)C(=O)NNc2cccc(C)c2C)ccc1OC1CCOCC1. The molecule has 0 unspecified atom stereocenters. The topological polar surface area (TPSA) is 88.7 Å². The first-order chi connectivity index (χ1) is 13.9. The third-order valence-corrected chi connectivity index (χ3v) is 5.02. The average Bonchev–Trinajstić information content (AvgIpc) is 2.71. The molecule has 0 radical (unpaired) electrons. The normalized spacial score (nSPS) is 14.2. The van der Waals surface area contributed by atoms with E-state index in [0.29, 0.717) is 18.9 Å². The Morgan fingerprint density at radius 1 is 1.00 bits per heavy atom. The monoisotopic (exact) mass is 397 g/mol. The summed E-state index contributed by atoms with van der Waals surface area (Å²) in [4.78, 5) is 24.3. The molecular weight excluding hydrogens is 370 g/mol. The zero-order valence-corrected chi connectivity index (χ0v) is 17.0. The zero-order chi connectivity index (χ0) is 20.8. The molecule has 3 rings (SSSR count). The summed E-state index contributed by atoms with van der Waals surface area (Å²) in [5.74, 6) is -0.748. The maximum absolute atomic E-state index is 12.2. The van der Waals surface area contributed by atoms with Crippen molar-refractivity contribution in [3.8, 4) is 5.75 Å². The van der Waals surface area contributed by atoms with Crippen molar-refractivity contribution in [1.82, 2.24) is 5.43 Å². The van der Waals surface area contributed by atoms with Crippen LogP contribution in [-0.2, 0) is 14.3 Å². The lowest BCUT2D eigenvalue weighted by molar-refractivity contribution is -0.135. The molecule has 154 valence electrons. The fraction of sp³-hybridized carbons (Fsp3) is 0.364. The van der Waals surface area contributed by atoms with E-state index in [2.05, 4.69) is 16.2 Å². The number of carbonyl (C=O) groups excluding carboxylic acids is 2. The summed E-state index contributed by atoms with van der Waals surface area (Å²) < 4.78 is 11.4. The fourth-order valence-corrected chi connectivity index (χ4v) is 3.09. The Kier molecular flexibility index (Phi) is 6.72. The first-order valence-corrected chi connectivity index (χ1v) is 9.72. The summed E-state index contributed by atoms with van der Waals surface area (Å²) in [5, 5.41) is 2.61. The maximum Gasteiger partial charge on any atom is 0.327 e. The van der Waals surface area contributed by atoms with E-state index in [1.807, 2.05) is 45.0 Å². The average molecular weight is 397 g/mol. The van der Waals surface area contributed by atoms with E-state index in [9.17, 15) is 9.59 Å². The molecule has 1 fully saturated rings. The number of hydrogen-bond acceptors (Lipinski definition) is 5. The second kappa shape index (κ2) is 9.43. The number of ether oxygens (including phenoxy) is 2. The molecule has 2 amide bonds. The molecule has 0 spiro atoms. The van der Waals surface area contributed by atoms with Gasteiger partial charge in [0.25, 0.3) is 0 Å². The van der Waals surface area contributed by atoms with Crippen LogP contribution in [0, 0.1) is 20.8 Å². The van der Waals surface area contributed by atoms with Gasteiger partial charge in [-0.1, -0.05) is 12.1 Å². The predicted octanol–water partition coefficient (Wildman–Crippen LogP) is 3.25. The Morgan fingerprint density at radius 3 is 2.48 bits per heavy atom. The van der Waals surface area contributed by atoms with Gasteiger partial charge in [-0.3, -0.25) is 20.4 Å². The van der Waals surface area contributed by atoms with Gasteiger partial charge in [0.2, 0.25) is 0 Å². The molecule has 1 aliphatic heterocycles. The molecule has 3 N–H and O–H groups in total. The minimum absolute atomic E-state index is 0.143. The molecule has 0 saturated carbocycles. The number of anilines is 2. The molecule has 1 aliphatic rings. The largest absolute Gasteiger partial charge is 0.490 e. The lowest BCUT2D eigenvalue weighted by Gasteiger charge is -2.24. The number of amides is 2. The Hall–Kier alpha value is -3.06. The quantitative estimate of drug-likeness (QED) is 0.532. The van der Waals surface area contributed by atoms with Gasteiger partial charge in [-0.2, -0.15) is 0 Å². The summed E-state index contributed by atoms with van der Waals surface area (Å²) in [7, 11) is 0. The predicted molar refractivity (Wildman–Crippen MR) is 112 cm³/mol. The van der Waals surface area contributed by atoms with E-state index in [1.54, 1.807) is 12.1 Å². The Balaban J connectivity index is 1.54. The summed E-state index contributed by atoms with van der Waals surface area (Å²) in [6.45, 7) is 7.25. The highest BCUT2D eigenvalue weighted by atomic mass is 16.5. The van der Waals surface area contributed by atoms with Crippen LogP contribution < -0.4 is 20.9 Å². The molecule has 2 aromatic rings. The lowest BCUT2D eigenvalue weighted by Crippen LogP contribution is -2.39. The second-order valence-corrected chi connectivity index (χ2v) is 7.19. The number of benzene rings is 2. The molecule has 0 atom stereocenters. The Labute approximate surface area is 170 Å². The Morgan fingerprint density at radius 2 is 1.76 bits per heavy atom. The minimum Gasteiger partial charge on any atom is -0.490 e. The highest BCUT2D eigenvalue weighted by molar-refractivity contribution is 6.39. The van der Waals surface area contributed by atoms with Gasteiger partial charge in [0, 0.05) is 18.5 Å². The van der Waals surface area contributed by atoms with Gasteiger partial charge in [-0.05, 0) is 61.7 Å². The standard InChI is InChI=1S/C22H27N3O4/c1-14-5-4-6-19(16(14)3)24-25-22(27)21(26)23-17-7-8-20(15(2)13-17)29-18-9-11-28-12-10-18/h4-8,13,18,24H,9-12H2,1-3H3,(H,23,26)(H,25,27). The van der Waals surface area contributed by atoms with Gasteiger partial charge in [0.05, 0.1) is 18.9 Å². The van der Waals surface area contributed by atoms with Crippen molar-refractivity contribution >= 4 is 23.2 Å². The van der Waals surface area contributed by atoms with Crippen LogP contribution in [-0.4, -0.2) is 31.1 Å². The fourth-order valence-electron chi connectivity index (χ4n) is 3.09. The van der Waals surface area contributed by atoms with Gasteiger partial charge in [-0.25, -0.2) is 0 Å². The van der Waals surface area contributed by atoms with Crippen molar-refractivity contribution < 1.29 is 19.1 Å². The van der Waals surface area contributed by atoms with E-state index in [4.69, 9.17) is 9.47 Å². The summed E-state index contributed by atoms with van der Waals surface area (Å²) in [6.07, 6.45) is 1.88. The van der Waals surface area contributed by atoms with E-state index in [-0.39, 0.29) is 6.10 Å². The van der Waals surface area contributed by atoms with Gasteiger partial charge in [0.1, 0.15) is 11.9 Å². The lowest BCUT2D eigenvalue weighted by atomic mass is 10.1. The molecular formula is C22H27N3O4. The third kappa shape index (κ3) is 5.48. The van der Waals surface area contributed by atoms with Crippen LogP contribution in [0.2, 0.25) is 0 Å². The number of nitrogens with one attached hydrogen (secondary N) is 3. The summed E-state index contributed by atoms with van der Waals surface area (Å²) in [6, 6.07) is 11.0. The van der Waals surface area contributed by atoms with Crippen molar-refractivity contribution in [2.45, 2.75) is 39.7 Å². The summed E-state index contributed by atoms with van der Waals surface area (Å²) in [5.41, 5.74) is 9.49.